The molecular weight excluding hydrogens is 558 g/mol. The smallest absolute Gasteiger partial charge is 0.436 e. The van der Waals surface area contributed by atoms with Crippen molar-refractivity contribution in [3.8, 4) is 0 Å². The monoisotopic (exact) mass is 591 g/mol. The minimum atomic E-state index is -0.745. The Balaban J connectivity index is 1.40. The molecule has 12 heteroatoms. The van der Waals surface area contributed by atoms with Crippen LogP contribution in [0.1, 0.15) is 39.4 Å². The molecule has 1 aliphatic heterocycles. The number of aromatic nitrogens is 2. The van der Waals surface area contributed by atoms with E-state index in [9.17, 15) is 14.4 Å². The lowest BCUT2D eigenvalue weighted by atomic mass is 9.94. The molecule has 0 radical (unpaired) electrons. The maximum atomic E-state index is 13.3. The summed E-state index contributed by atoms with van der Waals surface area (Å²) >= 11 is 1.09. The third kappa shape index (κ3) is 6.46. The summed E-state index contributed by atoms with van der Waals surface area (Å²) in [5.41, 5.74) is 1.73. The van der Waals surface area contributed by atoms with Crippen molar-refractivity contribution in [3.63, 3.8) is 0 Å². The molecule has 11 nitrogen and oxygen atoms in total. The maximum Gasteiger partial charge on any atom is 0.436 e. The van der Waals surface area contributed by atoms with Crippen molar-refractivity contribution in [3.05, 3.63) is 76.7 Å². The highest BCUT2D eigenvalue weighted by molar-refractivity contribution is 7.20. The van der Waals surface area contributed by atoms with E-state index in [0.717, 1.165) is 40.4 Å². The van der Waals surface area contributed by atoms with Crippen LogP contribution >= 0.6 is 11.3 Å². The Labute approximate surface area is 247 Å². The molecule has 2 aromatic heterocycles. The summed E-state index contributed by atoms with van der Waals surface area (Å²) in [6.45, 7) is 6.98. The molecule has 0 unspecified atom stereocenters. The molecule has 2 N–H and O–H groups in total. The number of methoxy groups -OCH3 is 1. The Kier molecular flexibility index (Phi) is 8.86. The van der Waals surface area contributed by atoms with Gasteiger partial charge in [0.1, 0.15) is 11.4 Å². The van der Waals surface area contributed by atoms with Crippen molar-refractivity contribution in [2.24, 2.45) is 0 Å². The zero-order chi connectivity index (χ0) is 29.7. The number of ether oxygens (including phenoxy) is 3. The van der Waals surface area contributed by atoms with Crippen molar-refractivity contribution >= 4 is 51.0 Å². The highest BCUT2D eigenvalue weighted by Gasteiger charge is 2.27. The molecule has 4 aromatic rings. The molecule has 0 aliphatic carbocycles. The number of amides is 2. The fraction of sp³-hybridized carbons (Fsp3) is 0.333. The summed E-state index contributed by atoms with van der Waals surface area (Å²) in [4.78, 5) is 42.4. The Morgan fingerprint density at radius 2 is 1.71 bits per heavy atom. The van der Waals surface area contributed by atoms with Gasteiger partial charge in [-0.1, -0.05) is 30.3 Å². The summed E-state index contributed by atoms with van der Waals surface area (Å²) in [5, 5.41) is 10.6. The van der Waals surface area contributed by atoms with Crippen LogP contribution in [0.25, 0.3) is 10.2 Å². The minimum absolute atomic E-state index is 0.0256. The van der Waals surface area contributed by atoms with Crippen LogP contribution in [0.4, 0.5) is 16.3 Å². The number of carbonyl (C=O) groups is 3. The zero-order valence-corrected chi connectivity index (χ0v) is 24.5. The molecule has 0 bridgehead atoms. The van der Waals surface area contributed by atoms with Gasteiger partial charge < -0.3 is 29.7 Å². The molecule has 1 fully saturated rings. The quantitative estimate of drug-likeness (QED) is 0.273. The summed E-state index contributed by atoms with van der Waals surface area (Å²) in [6.07, 6.45) is -0.745. The second-order valence-electron chi connectivity index (χ2n) is 10.2. The first-order valence-corrected chi connectivity index (χ1v) is 14.4. The van der Waals surface area contributed by atoms with E-state index >= 15 is 0 Å². The largest absolute Gasteiger partial charge is 0.445 e. The molecule has 5 rings (SSSR count). The molecule has 0 atom stereocenters. The van der Waals surface area contributed by atoms with Crippen LogP contribution in [-0.4, -0.2) is 74.3 Å². The molecule has 0 saturated carbocycles. The van der Waals surface area contributed by atoms with Gasteiger partial charge in [0.2, 0.25) is 0 Å². The Morgan fingerprint density at radius 1 is 1.00 bits per heavy atom. The fourth-order valence-corrected chi connectivity index (χ4v) is 5.60. The first-order valence-electron chi connectivity index (χ1n) is 13.6. The standard InChI is InChI=1S/C30H33N5O6S/c1-30(2,21-7-5-4-6-8-21)32-27(37)24-19-23-25(33-35(28(23)42-24)29(38)41-18-17-39-3)31-26(36)20-9-11-22(12-10-20)34-13-15-40-16-14-34/h4-12,19H,13-18H2,1-3H3,(H,32,37)(H,31,33,36). The van der Waals surface area contributed by atoms with Crippen LogP contribution in [0.3, 0.4) is 0 Å². The number of benzene rings is 2. The van der Waals surface area contributed by atoms with Crippen molar-refractivity contribution in [1.82, 2.24) is 15.1 Å². The highest BCUT2D eigenvalue weighted by Crippen LogP contribution is 2.33. The molecule has 0 spiro atoms. The maximum absolute atomic E-state index is 13.3. The van der Waals surface area contributed by atoms with Gasteiger partial charge in [0.05, 0.1) is 35.6 Å². The lowest BCUT2D eigenvalue weighted by Gasteiger charge is -2.28. The van der Waals surface area contributed by atoms with Crippen LogP contribution in [0, 0.1) is 0 Å². The second-order valence-corrected chi connectivity index (χ2v) is 11.3. The average Bonchev–Trinajstić information content (AvgIpc) is 3.59. The molecule has 2 aromatic carbocycles. The van der Waals surface area contributed by atoms with Crippen molar-refractivity contribution in [2.75, 3.05) is 56.8 Å². The van der Waals surface area contributed by atoms with Gasteiger partial charge in [0.25, 0.3) is 11.8 Å². The van der Waals surface area contributed by atoms with Crippen LogP contribution < -0.4 is 15.5 Å². The number of nitrogens with one attached hydrogen (secondary N) is 2. The molecule has 220 valence electrons. The Hall–Kier alpha value is -4.26. The SMILES string of the molecule is COCCOC(=O)n1nc(NC(=O)c2ccc(N3CCOCC3)cc2)c2cc(C(=O)NC(C)(C)c3ccccc3)sc21. The van der Waals surface area contributed by atoms with Crippen molar-refractivity contribution < 1.29 is 28.6 Å². The molecule has 3 heterocycles. The summed E-state index contributed by atoms with van der Waals surface area (Å²) in [7, 11) is 1.50. The number of hydrogen-bond donors (Lipinski definition) is 2. The molecule has 42 heavy (non-hydrogen) atoms. The van der Waals surface area contributed by atoms with Gasteiger partial charge in [-0.15, -0.1) is 16.4 Å². The summed E-state index contributed by atoms with van der Waals surface area (Å²) in [5.74, 6) is -0.570. The van der Waals surface area contributed by atoms with Gasteiger partial charge in [-0.05, 0) is 49.7 Å². The van der Waals surface area contributed by atoms with E-state index in [0.29, 0.717) is 33.9 Å². The lowest BCUT2D eigenvalue weighted by molar-refractivity contribution is 0.0915. The molecule has 1 saturated heterocycles. The van der Waals surface area contributed by atoms with Gasteiger partial charge >= 0.3 is 6.09 Å². The van der Waals surface area contributed by atoms with E-state index in [1.165, 1.54) is 7.11 Å². The van der Waals surface area contributed by atoms with Gasteiger partial charge in [0, 0.05) is 31.5 Å². The van der Waals surface area contributed by atoms with E-state index in [-0.39, 0.29) is 24.9 Å². The number of anilines is 2. The number of nitrogens with zero attached hydrogens (tertiary/aromatic N) is 3. The average molecular weight is 592 g/mol. The van der Waals surface area contributed by atoms with Gasteiger partial charge in [-0.25, -0.2) is 4.79 Å². The number of hydrogen-bond acceptors (Lipinski definition) is 9. The molecule has 1 aliphatic rings. The van der Waals surface area contributed by atoms with Crippen molar-refractivity contribution in [2.45, 2.75) is 19.4 Å². The third-order valence-corrected chi connectivity index (χ3v) is 8.04. The molecule has 2 amide bonds. The number of thiophene rings is 1. The lowest BCUT2D eigenvalue weighted by Crippen LogP contribution is -2.40. The third-order valence-electron chi connectivity index (χ3n) is 6.93. The number of morpholine rings is 1. The predicted octanol–water partition coefficient (Wildman–Crippen LogP) is 4.48. The summed E-state index contributed by atoms with van der Waals surface area (Å²) < 4.78 is 16.7. The van der Waals surface area contributed by atoms with E-state index in [1.54, 1.807) is 18.2 Å². The fourth-order valence-electron chi connectivity index (χ4n) is 4.61. The topological polar surface area (TPSA) is 124 Å². The highest BCUT2D eigenvalue weighted by atomic mass is 32.1. The van der Waals surface area contributed by atoms with E-state index in [2.05, 4.69) is 20.6 Å². The predicted molar refractivity (Wildman–Crippen MR) is 161 cm³/mol. The van der Waals surface area contributed by atoms with Gasteiger partial charge in [-0.3, -0.25) is 9.59 Å². The van der Waals surface area contributed by atoms with E-state index in [4.69, 9.17) is 14.2 Å². The van der Waals surface area contributed by atoms with E-state index < -0.39 is 17.5 Å². The number of fused-ring (bicyclic) bond motifs is 1. The van der Waals surface area contributed by atoms with Crippen LogP contribution in [0.5, 0.6) is 0 Å². The second kappa shape index (κ2) is 12.7. The normalized spacial score (nSPS) is 13.6. The van der Waals surface area contributed by atoms with Crippen LogP contribution in [0.15, 0.2) is 60.7 Å². The molecular formula is C30H33N5O6S. The zero-order valence-electron chi connectivity index (χ0n) is 23.7. The first kappa shape index (κ1) is 29.2. The summed E-state index contributed by atoms with van der Waals surface area (Å²) in [6, 6.07) is 18.5. The van der Waals surface area contributed by atoms with Gasteiger partial charge in [-0.2, -0.15) is 4.68 Å². The van der Waals surface area contributed by atoms with Crippen LogP contribution in [-0.2, 0) is 19.7 Å². The number of carbonyl (C=O) groups excluding carboxylic acids is 3. The Bertz CT molecular complexity index is 1560. The number of rotatable bonds is 9. The van der Waals surface area contributed by atoms with E-state index in [1.807, 2.05) is 56.3 Å². The van der Waals surface area contributed by atoms with Gasteiger partial charge in [0.15, 0.2) is 5.82 Å². The first-order chi connectivity index (χ1) is 20.3. The minimum Gasteiger partial charge on any atom is -0.445 e. The Morgan fingerprint density at radius 3 is 2.40 bits per heavy atom. The van der Waals surface area contributed by atoms with Crippen LogP contribution in [0.2, 0.25) is 0 Å². The van der Waals surface area contributed by atoms with Crippen molar-refractivity contribution in [1.29, 1.82) is 0 Å².